The van der Waals surface area contributed by atoms with Gasteiger partial charge in [-0.3, -0.25) is 4.79 Å². The van der Waals surface area contributed by atoms with E-state index in [0.717, 1.165) is 12.2 Å². The Kier molecular flexibility index (Phi) is 5.72. The van der Waals surface area contributed by atoms with Crippen LogP contribution in [-0.2, 0) is 11.3 Å². The number of ether oxygens (including phenoxy) is 3. The van der Waals surface area contributed by atoms with Crippen LogP contribution in [0.1, 0.15) is 18.4 Å². The van der Waals surface area contributed by atoms with E-state index in [4.69, 9.17) is 14.2 Å². The van der Waals surface area contributed by atoms with Crippen molar-refractivity contribution in [3.8, 4) is 17.4 Å². The van der Waals surface area contributed by atoms with E-state index in [0.29, 0.717) is 29.8 Å². The third-order valence-corrected chi connectivity index (χ3v) is 3.88. The Labute approximate surface area is 147 Å². The molecule has 1 amide bonds. The zero-order chi connectivity index (χ0) is 17.5. The van der Waals surface area contributed by atoms with E-state index in [1.54, 1.807) is 25.4 Å². The fourth-order valence-electron chi connectivity index (χ4n) is 2.22. The number of carbonyl (C=O) groups is 1. The van der Waals surface area contributed by atoms with Crippen molar-refractivity contribution in [1.29, 1.82) is 0 Å². The summed E-state index contributed by atoms with van der Waals surface area (Å²) in [7, 11) is 1.56. The minimum atomic E-state index is -0.208. The predicted molar refractivity (Wildman–Crippen MR) is 92.8 cm³/mol. The van der Waals surface area contributed by atoms with E-state index in [1.807, 2.05) is 24.3 Å². The number of para-hydroxylation sites is 2. The number of carbonyl (C=O) groups excluding carboxylic acids is 1. The molecule has 0 atom stereocenters. The quantitative estimate of drug-likeness (QED) is 0.758. The van der Waals surface area contributed by atoms with Crippen molar-refractivity contribution in [2.24, 2.45) is 5.92 Å². The Morgan fingerprint density at radius 1 is 1.16 bits per heavy atom. The predicted octanol–water partition coefficient (Wildman–Crippen LogP) is 2.57. The van der Waals surface area contributed by atoms with Crippen LogP contribution < -0.4 is 19.5 Å². The van der Waals surface area contributed by atoms with E-state index in [-0.39, 0.29) is 12.5 Å². The van der Waals surface area contributed by atoms with Gasteiger partial charge in [0, 0.05) is 18.8 Å². The minimum Gasteiger partial charge on any atom is -0.493 e. The highest BCUT2D eigenvalue weighted by Gasteiger charge is 2.22. The molecule has 1 N–H and O–H groups in total. The van der Waals surface area contributed by atoms with Gasteiger partial charge in [0.05, 0.1) is 13.7 Å². The number of pyridine rings is 1. The molecular weight excluding hydrogens is 320 g/mol. The van der Waals surface area contributed by atoms with Crippen LogP contribution in [0.5, 0.6) is 17.4 Å². The van der Waals surface area contributed by atoms with Crippen LogP contribution in [-0.4, -0.2) is 31.2 Å². The number of hydrogen-bond acceptors (Lipinski definition) is 5. The number of hydrogen-bond donors (Lipinski definition) is 1. The number of rotatable bonds is 9. The van der Waals surface area contributed by atoms with Crippen molar-refractivity contribution in [3.05, 3.63) is 48.2 Å². The third kappa shape index (κ3) is 5.38. The van der Waals surface area contributed by atoms with E-state index >= 15 is 0 Å². The molecule has 132 valence electrons. The first kappa shape index (κ1) is 17.1. The lowest BCUT2D eigenvalue weighted by molar-refractivity contribution is -0.123. The fourth-order valence-corrected chi connectivity index (χ4v) is 2.22. The van der Waals surface area contributed by atoms with E-state index in [1.165, 1.54) is 12.8 Å². The summed E-state index contributed by atoms with van der Waals surface area (Å²) >= 11 is 0. The fraction of sp³-hybridized carbons (Fsp3) is 0.368. The maximum absolute atomic E-state index is 11.9. The van der Waals surface area contributed by atoms with Crippen molar-refractivity contribution < 1.29 is 19.0 Å². The monoisotopic (exact) mass is 342 g/mol. The molecule has 0 radical (unpaired) electrons. The average molecular weight is 342 g/mol. The van der Waals surface area contributed by atoms with E-state index in [9.17, 15) is 4.79 Å². The smallest absolute Gasteiger partial charge is 0.258 e. The van der Waals surface area contributed by atoms with Crippen LogP contribution in [0.2, 0.25) is 0 Å². The maximum Gasteiger partial charge on any atom is 0.258 e. The van der Waals surface area contributed by atoms with Crippen LogP contribution in [0, 0.1) is 5.92 Å². The molecule has 0 aliphatic heterocycles. The summed E-state index contributed by atoms with van der Waals surface area (Å²) in [5.74, 6) is 2.26. The topological polar surface area (TPSA) is 69.7 Å². The molecule has 3 rings (SSSR count). The molecule has 1 aliphatic rings. The lowest BCUT2D eigenvalue weighted by atomic mass is 10.3. The molecule has 1 aromatic heterocycles. The third-order valence-electron chi connectivity index (χ3n) is 3.88. The lowest BCUT2D eigenvalue weighted by Gasteiger charge is -2.10. The van der Waals surface area contributed by atoms with Gasteiger partial charge in [-0.2, -0.15) is 0 Å². The molecule has 6 heteroatoms. The SMILES string of the molecule is COc1ccccc1OCC(=O)NCc1ccc(OCC2CC2)nc1. The molecule has 1 saturated carbocycles. The molecule has 6 nitrogen and oxygen atoms in total. The average Bonchev–Trinajstić information content (AvgIpc) is 3.48. The highest BCUT2D eigenvalue weighted by molar-refractivity contribution is 5.77. The number of nitrogens with one attached hydrogen (secondary N) is 1. The summed E-state index contributed by atoms with van der Waals surface area (Å²) in [5.41, 5.74) is 0.907. The van der Waals surface area contributed by atoms with Crippen molar-refractivity contribution in [1.82, 2.24) is 10.3 Å². The Morgan fingerprint density at radius 3 is 2.64 bits per heavy atom. The maximum atomic E-state index is 11.9. The Morgan fingerprint density at radius 2 is 1.96 bits per heavy atom. The molecule has 0 bridgehead atoms. The van der Waals surface area contributed by atoms with Gasteiger partial charge in [-0.1, -0.05) is 18.2 Å². The largest absolute Gasteiger partial charge is 0.493 e. The Bertz CT molecular complexity index is 699. The van der Waals surface area contributed by atoms with Gasteiger partial charge in [0.2, 0.25) is 5.88 Å². The first-order chi connectivity index (χ1) is 12.2. The first-order valence-corrected chi connectivity index (χ1v) is 8.35. The second-order valence-electron chi connectivity index (χ2n) is 5.98. The molecule has 1 aromatic carbocycles. The lowest BCUT2D eigenvalue weighted by Crippen LogP contribution is -2.28. The van der Waals surface area contributed by atoms with Gasteiger partial charge in [-0.05, 0) is 36.5 Å². The molecular formula is C19H22N2O4. The van der Waals surface area contributed by atoms with E-state index < -0.39 is 0 Å². The van der Waals surface area contributed by atoms with Gasteiger partial charge >= 0.3 is 0 Å². The van der Waals surface area contributed by atoms with Gasteiger partial charge < -0.3 is 19.5 Å². The van der Waals surface area contributed by atoms with Gasteiger partial charge in [-0.15, -0.1) is 0 Å². The summed E-state index contributed by atoms with van der Waals surface area (Å²) in [6.45, 7) is 1.06. The number of amides is 1. The Balaban J connectivity index is 1.40. The standard InChI is InChI=1S/C19H22N2O4/c1-23-16-4-2-3-5-17(16)24-13-18(22)20-10-15-8-9-19(21-11-15)25-12-14-6-7-14/h2-5,8-9,11,14H,6-7,10,12-13H2,1H3,(H,20,22). The molecule has 1 aliphatic carbocycles. The molecule has 0 saturated heterocycles. The number of nitrogens with zero attached hydrogens (tertiary/aromatic N) is 1. The summed E-state index contributed by atoms with van der Waals surface area (Å²) in [6, 6.07) is 10.9. The number of benzene rings is 1. The summed E-state index contributed by atoms with van der Waals surface area (Å²) in [5, 5.41) is 2.80. The highest BCUT2D eigenvalue weighted by Crippen LogP contribution is 2.29. The zero-order valence-electron chi connectivity index (χ0n) is 14.2. The zero-order valence-corrected chi connectivity index (χ0v) is 14.2. The minimum absolute atomic E-state index is 0.0730. The molecule has 0 unspecified atom stereocenters. The van der Waals surface area contributed by atoms with Crippen LogP contribution in [0.4, 0.5) is 0 Å². The normalized spacial score (nSPS) is 13.2. The van der Waals surface area contributed by atoms with Crippen LogP contribution in [0.15, 0.2) is 42.6 Å². The van der Waals surface area contributed by atoms with Crippen LogP contribution in [0.3, 0.4) is 0 Å². The second-order valence-corrected chi connectivity index (χ2v) is 5.98. The molecule has 25 heavy (non-hydrogen) atoms. The van der Waals surface area contributed by atoms with Gasteiger partial charge in [0.1, 0.15) is 0 Å². The highest BCUT2D eigenvalue weighted by atomic mass is 16.5. The van der Waals surface area contributed by atoms with Crippen molar-refractivity contribution in [2.75, 3.05) is 20.3 Å². The van der Waals surface area contributed by atoms with Crippen molar-refractivity contribution >= 4 is 5.91 Å². The van der Waals surface area contributed by atoms with Crippen molar-refractivity contribution in [2.45, 2.75) is 19.4 Å². The summed E-state index contributed by atoms with van der Waals surface area (Å²) < 4.78 is 16.3. The van der Waals surface area contributed by atoms with Crippen LogP contribution in [0.25, 0.3) is 0 Å². The first-order valence-electron chi connectivity index (χ1n) is 8.35. The molecule has 1 heterocycles. The van der Waals surface area contributed by atoms with Gasteiger partial charge in [-0.25, -0.2) is 4.98 Å². The van der Waals surface area contributed by atoms with Gasteiger partial charge in [0.25, 0.3) is 5.91 Å². The number of methoxy groups -OCH3 is 1. The molecule has 1 fully saturated rings. The summed E-state index contributed by atoms with van der Waals surface area (Å²) in [6.07, 6.45) is 4.21. The Hall–Kier alpha value is -2.76. The van der Waals surface area contributed by atoms with E-state index in [2.05, 4.69) is 10.3 Å². The number of aromatic nitrogens is 1. The molecule has 2 aromatic rings. The summed E-state index contributed by atoms with van der Waals surface area (Å²) in [4.78, 5) is 16.2. The van der Waals surface area contributed by atoms with Gasteiger partial charge in [0.15, 0.2) is 18.1 Å². The molecule has 0 spiro atoms. The van der Waals surface area contributed by atoms with Crippen LogP contribution >= 0.6 is 0 Å². The van der Waals surface area contributed by atoms with Crippen molar-refractivity contribution in [3.63, 3.8) is 0 Å². The second kappa shape index (κ2) is 8.37.